The van der Waals surface area contributed by atoms with Crippen molar-refractivity contribution in [3.63, 3.8) is 0 Å². The molecule has 0 spiro atoms. The Bertz CT molecular complexity index is 1330. The Kier molecular flexibility index (Phi) is 7.23. The molecule has 210 valence electrons. The number of methoxy groups -OCH3 is 2. The smallest absolute Gasteiger partial charge is 0.422 e. The predicted molar refractivity (Wildman–Crippen MR) is 146 cm³/mol. The first-order valence-electron chi connectivity index (χ1n) is 12.6. The summed E-state index contributed by atoms with van der Waals surface area (Å²) in [5.41, 5.74) is -1.33. The molecule has 0 fully saturated rings. The number of nitrogens with zero attached hydrogens (tertiary/aromatic N) is 2. The molecule has 10 heteroatoms. The van der Waals surface area contributed by atoms with E-state index in [0.717, 1.165) is 9.80 Å². The molecule has 0 N–H and O–H groups in total. The number of rotatable bonds is 4. The highest BCUT2D eigenvalue weighted by molar-refractivity contribution is 6.35. The van der Waals surface area contributed by atoms with Crippen molar-refractivity contribution in [1.29, 1.82) is 0 Å². The van der Waals surface area contributed by atoms with Crippen LogP contribution in [0.15, 0.2) is 59.7 Å². The monoisotopic (exact) mass is 548 g/mol. The van der Waals surface area contributed by atoms with E-state index in [1.54, 1.807) is 90.1 Å². The van der Waals surface area contributed by atoms with Gasteiger partial charge in [-0.1, -0.05) is 0 Å². The number of hydrogen-bond donors (Lipinski definition) is 0. The third-order valence-corrected chi connectivity index (χ3v) is 5.88. The standard InChI is InChI=1S/C30H32N2O8/c1-29(2,3)39-27(35)31-23(17-9-13-19(37-7)14-10-17)21-22(25(31)33)24(18-11-15-20(38-8)16-12-18)32(26(21)34)28(36)40-30(4,5)6/h9-16H,1-8H3. The Hall–Kier alpha value is -4.60. The van der Waals surface area contributed by atoms with Gasteiger partial charge >= 0.3 is 12.2 Å². The van der Waals surface area contributed by atoms with E-state index in [1.165, 1.54) is 14.2 Å². The van der Waals surface area contributed by atoms with E-state index >= 15 is 0 Å². The molecule has 2 aromatic rings. The van der Waals surface area contributed by atoms with Crippen LogP contribution >= 0.6 is 0 Å². The van der Waals surface area contributed by atoms with Gasteiger partial charge in [-0.15, -0.1) is 0 Å². The van der Waals surface area contributed by atoms with Gasteiger partial charge in [0.25, 0.3) is 11.8 Å². The summed E-state index contributed by atoms with van der Waals surface area (Å²) < 4.78 is 21.6. The summed E-state index contributed by atoms with van der Waals surface area (Å²) in [6, 6.07) is 13.0. The lowest BCUT2D eigenvalue weighted by atomic mass is 10.0. The molecule has 0 radical (unpaired) electrons. The largest absolute Gasteiger partial charge is 0.497 e. The van der Waals surface area contributed by atoms with E-state index < -0.39 is 35.2 Å². The van der Waals surface area contributed by atoms with Crippen molar-refractivity contribution in [1.82, 2.24) is 9.80 Å². The number of ether oxygens (including phenoxy) is 4. The van der Waals surface area contributed by atoms with Crippen LogP contribution < -0.4 is 9.47 Å². The van der Waals surface area contributed by atoms with Gasteiger partial charge in [-0.2, -0.15) is 0 Å². The van der Waals surface area contributed by atoms with Gasteiger partial charge in [0, 0.05) is 0 Å². The Balaban J connectivity index is 2.01. The molecule has 2 aliphatic heterocycles. The summed E-state index contributed by atoms with van der Waals surface area (Å²) >= 11 is 0. The minimum Gasteiger partial charge on any atom is -0.497 e. The summed E-state index contributed by atoms with van der Waals surface area (Å²) in [6.45, 7) is 10.0. The number of imide groups is 2. The number of carbonyl (C=O) groups is 4. The summed E-state index contributed by atoms with van der Waals surface area (Å²) in [4.78, 5) is 56.7. The Morgan fingerprint density at radius 2 is 0.875 bits per heavy atom. The molecule has 0 saturated carbocycles. The number of carbonyl (C=O) groups excluding carboxylic acids is 4. The molecule has 0 aliphatic carbocycles. The predicted octanol–water partition coefficient (Wildman–Crippen LogP) is 5.38. The highest BCUT2D eigenvalue weighted by Gasteiger charge is 2.54. The van der Waals surface area contributed by atoms with Crippen LogP contribution in [0.2, 0.25) is 0 Å². The zero-order valence-corrected chi connectivity index (χ0v) is 23.8. The van der Waals surface area contributed by atoms with Crippen molar-refractivity contribution in [3.05, 3.63) is 70.8 Å². The van der Waals surface area contributed by atoms with Gasteiger partial charge in [-0.05, 0) is 101 Å². The van der Waals surface area contributed by atoms with Crippen LogP contribution in [0.1, 0.15) is 52.7 Å². The van der Waals surface area contributed by atoms with E-state index in [9.17, 15) is 19.2 Å². The van der Waals surface area contributed by atoms with Gasteiger partial charge < -0.3 is 18.9 Å². The first-order valence-corrected chi connectivity index (χ1v) is 12.6. The zero-order chi connectivity index (χ0) is 29.6. The van der Waals surface area contributed by atoms with E-state index in [-0.39, 0.29) is 22.5 Å². The molecule has 2 aromatic carbocycles. The van der Waals surface area contributed by atoms with Crippen molar-refractivity contribution < 1.29 is 38.1 Å². The van der Waals surface area contributed by atoms with Gasteiger partial charge in [-0.3, -0.25) is 9.59 Å². The van der Waals surface area contributed by atoms with Crippen LogP contribution in [0.25, 0.3) is 11.4 Å². The van der Waals surface area contributed by atoms with Gasteiger partial charge in [0.2, 0.25) is 0 Å². The molecule has 2 aliphatic rings. The normalized spacial score (nSPS) is 15.5. The molecule has 0 saturated heterocycles. The highest BCUT2D eigenvalue weighted by Crippen LogP contribution is 2.47. The lowest BCUT2D eigenvalue weighted by molar-refractivity contribution is -0.123. The highest BCUT2D eigenvalue weighted by atomic mass is 16.6. The van der Waals surface area contributed by atoms with Crippen molar-refractivity contribution in [2.45, 2.75) is 52.7 Å². The van der Waals surface area contributed by atoms with Crippen LogP contribution in [0.3, 0.4) is 0 Å². The van der Waals surface area contributed by atoms with Crippen LogP contribution in [0.4, 0.5) is 9.59 Å². The average Bonchev–Trinajstić information content (AvgIpc) is 3.34. The lowest BCUT2D eigenvalue weighted by Gasteiger charge is -2.27. The molecule has 40 heavy (non-hydrogen) atoms. The lowest BCUT2D eigenvalue weighted by Crippen LogP contribution is -2.40. The summed E-state index contributed by atoms with van der Waals surface area (Å²) in [6.07, 6.45) is -1.91. The van der Waals surface area contributed by atoms with Crippen molar-refractivity contribution in [3.8, 4) is 11.5 Å². The first-order chi connectivity index (χ1) is 18.7. The first kappa shape index (κ1) is 28.4. The van der Waals surface area contributed by atoms with Crippen LogP contribution in [-0.2, 0) is 19.1 Å². The summed E-state index contributed by atoms with van der Waals surface area (Å²) in [5.74, 6) is -0.545. The Morgan fingerprint density at radius 1 is 0.575 bits per heavy atom. The third kappa shape index (κ3) is 5.29. The summed E-state index contributed by atoms with van der Waals surface area (Å²) in [7, 11) is 3.01. The fourth-order valence-corrected chi connectivity index (χ4v) is 4.31. The maximum Gasteiger partial charge on any atom is 0.422 e. The molecule has 0 aromatic heterocycles. The molecule has 4 amide bonds. The molecule has 4 rings (SSSR count). The van der Waals surface area contributed by atoms with Crippen molar-refractivity contribution >= 4 is 35.4 Å². The van der Waals surface area contributed by atoms with Crippen LogP contribution in [0, 0.1) is 0 Å². The van der Waals surface area contributed by atoms with Crippen molar-refractivity contribution in [2.24, 2.45) is 0 Å². The minimum atomic E-state index is -0.955. The maximum absolute atomic E-state index is 14.1. The molecular formula is C30H32N2O8. The van der Waals surface area contributed by atoms with Crippen LogP contribution in [-0.4, -0.2) is 59.2 Å². The van der Waals surface area contributed by atoms with Gasteiger partial charge in [-0.25, -0.2) is 19.4 Å². The second-order valence-electron chi connectivity index (χ2n) is 11.1. The third-order valence-electron chi connectivity index (χ3n) is 5.88. The number of amides is 4. The average molecular weight is 549 g/mol. The second kappa shape index (κ2) is 10.2. The van der Waals surface area contributed by atoms with Crippen LogP contribution in [0.5, 0.6) is 11.5 Å². The van der Waals surface area contributed by atoms with Gasteiger partial charge in [0.1, 0.15) is 22.7 Å². The number of fused-ring (bicyclic) bond motifs is 1. The zero-order valence-electron chi connectivity index (χ0n) is 23.8. The fraction of sp³-hybridized carbons (Fsp3) is 0.333. The topological polar surface area (TPSA) is 112 Å². The SMILES string of the molecule is COc1ccc(C2=C3C(=O)N(C(=O)OC(C)(C)C)C(c4ccc(OC)cc4)=C3C(=O)N2C(=O)OC(C)(C)C)cc1. The molecule has 10 nitrogen and oxygen atoms in total. The maximum atomic E-state index is 14.1. The molecule has 0 atom stereocenters. The second-order valence-corrected chi connectivity index (χ2v) is 11.1. The molecule has 0 bridgehead atoms. The quantitative estimate of drug-likeness (QED) is 0.501. The number of benzene rings is 2. The molecular weight excluding hydrogens is 516 g/mol. The summed E-state index contributed by atoms with van der Waals surface area (Å²) in [5, 5.41) is 0. The van der Waals surface area contributed by atoms with Gasteiger partial charge in [0.15, 0.2) is 0 Å². The minimum absolute atomic E-state index is 0.000951. The van der Waals surface area contributed by atoms with E-state index in [0.29, 0.717) is 22.6 Å². The van der Waals surface area contributed by atoms with E-state index in [4.69, 9.17) is 18.9 Å². The molecule has 0 unspecified atom stereocenters. The molecule has 2 heterocycles. The van der Waals surface area contributed by atoms with Gasteiger partial charge in [0.05, 0.1) is 36.8 Å². The Morgan fingerprint density at radius 3 is 1.12 bits per heavy atom. The number of hydrogen-bond acceptors (Lipinski definition) is 8. The Labute approximate surface area is 232 Å². The fourth-order valence-electron chi connectivity index (χ4n) is 4.31. The van der Waals surface area contributed by atoms with Crippen molar-refractivity contribution in [2.75, 3.05) is 14.2 Å². The van der Waals surface area contributed by atoms with E-state index in [2.05, 4.69) is 0 Å². The van der Waals surface area contributed by atoms with E-state index in [1.807, 2.05) is 0 Å².